The minimum absolute atomic E-state index is 0.0977. The third-order valence-electron chi connectivity index (χ3n) is 2.80. The van der Waals surface area contributed by atoms with Gasteiger partial charge in [0.25, 0.3) is 5.91 Å². The van der Waals surface area contributed by atoms with Crippen LogP contribution in [0.2, 0.25) is 0 Å². The molecule has 0 aliphatic rings. The van der Waals surface area contributed by atoms with Gasteiger partial charge >= 0.3 is 0 Å². The van der Waals surface area contributed by atoms with Crippen LogP contribution in [0.5, 0.6) is 0 Å². The molecular formula is C16H17BrN2O. The molecule has 1 amide bonds. The molecule has 4 heteroatoms. The van der Waals surface area contributed by atoms with E-state index in [2.05, 4.69) is 26.1 Å². The van der Waals surface area contributed by atoms with Crippen LogP contribution in [0.25, 0.3) is 0 Å². The van der Waals surface area contributed by atoms with Crippen molar-refractivity contribution in [1.29, 1.82) is 0 Å². The smallest absolute Gasteiger partial charge is 0.255 e. The summed E-state index contributed by atoms with van der Waals surface area (Å²) in [6.07, 6.45) is 0. The van der Waals surface area contributed by atoms with Gasteiger partial charge in [-0.3, -0.25) is 4.79 Å². The van der Waals surface area contributed by atoms with Gasteiger partial charge in [-0.15, -0.1) is 0 Å². The van der Waals surface area contributed by atoms with Crippen molar-refractivity contribution in [2.24, 2.45) is 0 Å². The molecular weight excluding hydrogens is 316 g/mol. The van der Waals surface area contributed by atoms with E-state index < -0.39 is 0 Å². The summed E-state index contributed by atoms with van der Waals surface area (Å²) < 4.78 is 0.941. The Labute approximate surface area is 127 Å². The Balaban J connectivity index is 2.06. The number of anilines is 1. The summed E-state index contributed by atoms with van der Waals surface area (Å²) in [5, 5.41) is 2.88. The van der Waals surface area contributed by atoms with Crippen molar-refractivity contribution in [3.63, 3.8) is 0 Å². The summed E-state index contributed by atoms with van der Waals surface area (Å²) in [7, 11) is 4.04. The molecule has 20 heavy (non-hydrogen) atoms. The molecule has 0 saturated heterocycles. The first-order chi connectivity index (χ1) is 9.54. The number of amides is 1. The van der Waals surface area contributed by atoms with Gasteiger partial charge in [-0.1, -0.05) is 34.1 Å². The van der Waals surface area contributed by atoms with Gasteiger partial charge in [0.15, 0.2) is 0 Å². The molecule has 104 valence electrons. The van der Waals surface area contributed by atoms with Gasteiger partial charge in [0.1, 0.15) is 0 Å². The molecule has 0 radical (unpaired) electrons. The molecule has 3 nitrogen and oxygen atoms in total. The standard InChI is InChI=1S/C16H17BrN2O/c1-19(2)11-12-6-8-13(9-7-12)16(20)18-15-5-3-4-14(17)10-15/h3-10H,11H2,1-2H3,(H,18,20). The second kappa shape index (κ2) is 6.68. The van der Waals surface area contributed by atoms with Crippen molar-refractivity contribution in [3.8, 4) is 0 Å². The average molecular weight is 333 g/mol. The summed E-state index contributed by atoms with van der Waals surface area (Å²) in [4.78, 5) is 14.2. The number of benzene rings is 2. The Hall–Kier alpha value is -1.65. The maximum absolute atomic E-state index is 12.1. The van der Waals surface area contributed by atoms with Gasteiger partial charge in [0.05, 0.1) is 0 Å². The Morgan fingerprint density at radius 1 is 1.15 bits per heavy atom. The highest BCUT2D eigenvalue weighted by atomic mass is 79.9. The van der Waals surface area contributed by atoms with Crippen LogP contribution in [0.4, 0.5) is 5.69 Å². The fraction of sp³-hybridized carbons (Fsp3) is 0.188. The zero-order valence-corrected chi connectivity index (χ0v) is 13.1. The van der Waals surface area contributed by atoms with Gasteiger partial charge in [-0.25, -0.2) is 0 Å². The minimum Gasteiger partial charge on any atom is -0.322 e. The summed E-state index contributed by atoms with van der Waals surface area (Å²) in [5.74, 6) is -0.0977. The highest BCUT2D eigenvalue weighted by Crippen LogP contribution is 2.16. The predicted molar refractivity (Wildman–Crippen MR) is 85.9 cm³/mol. The van der Waals surface area contributed by atoms with E-state index in [0.717, 1.165) is 16.7 Å². The third kappa shape index (κ3) is 4.18. The van der Waals surface area contributed by atoms with Crippen molar-refractivity contribution >= 4 is 27.5 Å². The number of hydrogen-bond donors (Lipinski definition) is 1. The fourth-order valence-corrected chi connectivity index (χ4v) is 2.30. The van der Waals surface area contributed by atoms with E-state index >= 15 is 0 Å². The molecule has 2 aromatic rings. The van der Waals surface area contributed by atoms with Crippen LogP contribution in [-0.2, 0) is 6.54 Å². The molecule has 0 unspecified atom stereocenters. The van der Waals surface area contributed by atoms with E-state index in [1.54, 1.807) is 0 Å². The Morgan fingerprint density at radius 2 is 1.85 bits per heavy atom. The van der Waals surface area contributed by atoms with Crippen molar-refractivity contribution in [3.05, 3.63) is 64.1 Å². The van der Waals surface area contributed by atoms with Gasteiger partial charge in [0, 0.05) is 22.3 Å². The zero-order valence-electron chi connectivity index (χ0n) is 11.6. The SMILES string of the molecule is CN(C)Cc1ccc(C(=O)Nc2cccc(Br)c2)cc1. The molecule has 0 fully saturated rings. The van der Waals surface area contributed by atoms with Crippen LogP contribution < -0.4 is 5.32 Å². The van der Waals surface area contributed by atoms with Crippen LogP contribution in [-0.4, -0.2) is 24.9 Å². The number of carbonyl (C=O) groups excluding carboxylic acids is 1. The van der Waals surface area contributed by atoms with Crippen molar-refractivity contribution < 1.29 is 4.79 Å². The van der Waals surface area contributed by atoms with Crippen molar-refractivity contribution in [2.75, 3.05) is 19.4 Å². The minimum atomic E-state index is -0.0977. The normalized spacial score (nSPS) is 10.6. The summed E-state index contributed by atoms with van der Waals surface area (Å²) in [6.45, 7) is 0.869. The first-order valence-corrected chi connectivity index (χ1v) is 7.14. The van der Waals surface area contributed by atoms with E-state index in [0.29, 0.717) is 5.56 Å². The number of halogens is 1. The maximum Gasteiger partial charge on any atom is 0.255 e. The van der Waals surface area contributed by atoms with Crippen molar-refractivity contribution in [2.45, 2.75) is 6.54 Å². The lowest BCUT2D eigenvalue weighted by atomic mass is 10.1. The van der Waals surface area contributed by atoms with E-state index in [-0.39, 0.29) is 5.91 Å². The fourth-order valence-electron chi connectivity index (χ4n) is 1.90. The second-order valence-corrected chi connectivity index (χ2v) is 5.81. The Bertz CT molecular complexity index is 594. The molecule has 0 atom stereocenters. The highest BCUT2D eigenvalue weighted by Gasteiger charge is 2.06. The number of nitrogens with one attached hydrogen (secondary N) is 1. The van der Waals surface area contributed by atoms with Crippen LogP contribution in [0.15, 0.2) is 53.0 Å². The van der Waals surface area contributed by atoms with E-state index in [9.17, 15) is 4.79 Å². The molecule has 0 aromatic heterocycles. The van der Waals surface area contributed by atoms with Crippen LogP contribution >= 0.6 is 15.9 Å². The molecule has 0 spiro atoms. The van der Waals surface area contributed by atoms with Gasteiger partial charge in [0.2, 0.25) is 0 Å². The molecule has 0 bridgehead atoms. The number of nitrogens with zero attached hydrogens (tertiary/aromatic N) is 1. The number of hydrogen-bond acceptors (Lipinski definition) is 2. The number of carbonyl (C=O) groups is 1. The average Bonchev–Trinajstić information content (AvgIpc) is 2.38. The summed E-state index contributed by atoms with van der Waals surface area (Å²) in [5.41, 5.74) is 2.63. The lowest BCUT2D eigenvalue weighted by Crippen LogP contribution is -2.13. The monoisotopic (exact) mass is 332 g/mol. The molecule has 0 aliphatic carbocycles. The summed E-state index contributed by atoms with van der Waals surface area (Å²) >= 11 is 3.38. The Kier molecular flexibility index (Phi) is 4.93. The molecule has 0 saturated carbocycles. The lowest BCUT2D eigenvalue weighted by Gasteiger charge is -2.10. The van der Waals surface area contributed by atoms with Crippen molar-refractivity contribution in [1.82, 2.24) is 4.90 Å². The molecule has 2 rings (SSSR count). The third-order valence-corrected chi connectivity index (χ3v) is 3.29. The lowest BCUT2D eigenvalue weighted by molar-refractivity contribution is 0.102. The van der Waals surface area contributed by atoms with Crippen LogP contribution in [0, 0.1) is 0 Å². The van der Waals surface area contributed by atoms with Gasteiger partial charge in [-0.2, -0.15) is 0 Å². The number of rotatable bonds is 4. The molecule has 1 N–H and O–H groups in total. The second-order valence-electron chi connectivity index (χ2n) is 4.90. The van der Waals surface area contributed by atoms with Gasteiger partial charge in [-0.05, 0) is 50.0 Å². The Morgan fingerprint density at radius 3 is 2.45 bits per heavy atom. The first kappa shape index (κ1) is 14.8. The van der Waals surface area contributed by atoms with Crippen LogP contribution in [0.3, 0.4) is 0 Å². The van der Waals surface area contributed by atoms with E-state index in [1.165, 1.54) is 5.56 Å². The predicted octanol–water partition coefficient (Wildman–Crippen LogP) is 3.76. The largest absolute Gasteiger partial charge is 0.322 e. The van der Waals surface area contributed by atoms with E-state index in [4.69, 9.17) is 0 Å². The maximum atomic E-state index is 12.1. The summed E-state index contributed by atoms with van der Waals surface area (Å²) in [6, 6.07) is 15.2. The molecule has 0 aliphatic heterocycles. The van der Waals surface area contributed by atoms with Gasteiger partial charge < -0.3 is 10.2 Å². The molecule has 0 heterocycles. The quantitative estimate of drug-likeness (QED) is 0.924. The van der Waals surface area contributed by atoms with Crippen LogP contribution in [0.1, 0.15) is 15.9 Å². The topological polar surface area (TPSA) is 32.3 Å². The highest BCUT2D eigenvalue weighted by molar-refractivity contribution is 9.10. The molecule has 2 aromatic carbocycles. The van der Waals surface area contributed by atoms with E-state index in [1.807, 2.05) is 62.6 Å². The first-order valence-electron chi connectivity index (χ1n) is 6.35. The zero-order chi connectivity index (χ0) is 14.5.